The third kappa shape index (κ3) is 4.34. The van der Waals surface area contributed by atoms with Gasteiger partial charge in [0.05, 0.1) is 11.5 Å². The first-order chi connectivity index (χ1) is 13.8. The summed E-state index contributed by atoms with van der Waals surface area (Å²) < 4.78 is 13.7. The summed E-state index contributed by atoms with van der Waals surface area (Å²) in [5.74, 6) is -1.10. The molecule has 3 N–H and O–H groups in total. The van der Waals surface area contributed by atoms with Crippen LogP contribution in [0.3, 0.4) is 0 Å². The van der Waals surface area contributed by atoms with Gasteiger partial charge in [-0.1, -0.05) is 13.8 Å². The van der Waals surface area contributed by atoms with E-state index >= 15 is 0 Å². The fraction of sp³-hybridized carbons (Fsp3) is 0.455. The highest BCUT2D eigenvalue weighted by Gasteiger charge is 2.32. The molecule has 0 spiro atoms. The van der Waals surface area contributed by atoms with Crippen molar-refractivity contribution in [1.82, 2.24) is 15.2 Å². The van der Waals surface area contributed by atoms with Crippen molar-refractivity contribution in [2.24, 2.45) is 0 Å². The largest absolute Gasteiger partial charge is 0.362 e. The zero-order valence-corrected chi connectivity index (χ0v) is 17.5. The normalized spacial score (nSPS) is 15.5. The first-order valence-corrected chi connectivity index (χ1v) is 10.1. The lowest BCUT2D eigenvalue weighted by atomic mass is 9.94. The molecule has 0 aliphatic carbocycles. The van der Waals surface area contributed by atoms with E-state index in [4.69, 9.17) is 0 Å². The molecule has 0 fully saturated rings. The molecule has 2 aromatic rings. The lowest BCUT2D eigenvalue weighted by Gasteiger charge is -2.18. The Hall–Kier alpha value is -2.67. The lowest BCUT2D eigenvalue weighted by Crippen LogP contribution is -2.35. The molecule has 6 nitrogen and oxygen atoms in total. The molecule has 29 heavy (non-hydrogen) atoms. The van der Waals surface area contributed by atoms with E-state index in [-0.39, 0.29) is 17.6 Å². The first-order valence-electron chi connectivity index (χ1n) is 10.1. The molecule has 1 atom stereocenters. The number of aromatic amines is 1. The van der Waals surface area contributed by atoms with Crippen molar-refractivity contribution in [3.05, 3.63) is 52.1 Å². The molecule has 1 unspecified atom stereocenters. The predicted octanol–water partition coefficient (Wildman–Crippen LogP) is 3.12. The van der Waals surface area contributed by atoms with Crippen LogP contribution in [0.25, 0.3) is 0 Å². The SMILES string of the molecule is CCN(CC)CCNC(=O)c1c(C)[nH]c(CC2C(=O)Nc3ccc(F)cc32)c1C. The molecule has 0 bridgehead atoms. The number of rotatable bonds is 8. The topological polar surface area (TPSA) is 77.2 Å². The number of halogens is 1. The quantitative estimate of drug-likeness (QED) is 0.637. The predicted molar refractivity (Wildman–Crippen MR) is 112 cm³/mol. The van der Waals surface area contributed by atoms with Gasteiger partial charge in [0, 0.05) is 36.6 Å². The smallest absolute Gasteiger partial charge is 0.253 e. The van der Waals surface area contributed by atoms with Crippen LogP contribution in [0.2, 0.25) is 0 Å². The van der Waals surface area contributed by atoms with Crippen LogP contribution < -0.4 is 10.6 Å². The second-order valence-electron chi connectivity index (χ2n) is 7.49. The summed E-state index contributed by atoms with van der Waals surface area (Å²) in [5.41, 5.74) is 4.37. The molecule has 1 aromatic carbocycles. The van der Waals surface area contributed by atoms with Gasteiger partial charge in [-0.2, -0.15) is 0 Å². The number of H-pyrrole nitrogens is 1. The minimum Gasteiger partial charge on any atom is -0.362 e. The molecule has 1 aliphatic rings. The molecule has 2 amide bonds. The van der Waals surface area contributed by atoms with E-state index in [1.165, 1.54) is 12.1 Å². The van der Waals surface area contributed by atoms with Crippen molar-refractivity contribution in [2.75, 3.05) is 31.5 Å². The molecular formula is C22H29FN4O2. The van der Waals surface area contributed by atoms with Crippen LogP contribution in [-0.4, -0.2) is 47.9 Å². The summed E-state index contributed by atoms with van der Waals surface area (Å²) in [6.07, 6.45) is 0.391. The third-order valence-electron chi connectivity index (χ3n) is 5.75. The van der Waals surface area contributed by atoms with Gasteiger partial charge in [-0.25, -0.2) is 4.39 Å². The maximum Gasteiger partial charge on any atom is 0.253 e. The van der Waals surface area contributed by atoms with E-state index in [9.17, 15) is 14.0 Å². The fourth-order valence-corrected chi connectivity index (χ4v) is 4.02. The standard InChI is InChI=1S/C22H29FN4O2/c1-5-27(6-2)10-9-24-22(29)20-13(3)19(25-14(20)4)12-17-16-11-15(23)7-8-18(16)26-21(17)28/h7-8,11,17,25H,5-6,9-10,12H2,1-4H3,(H,24,29)(H,26,28). The Morgan fingerprint density at radius 3 is 2.66 bits per heavy atom. The van der Waals surface area contributed by atoms with Crippen LogP contribution in [0.5, 0.6) is 0 Å². The summed E-state index contributed by atoms with van der Waals surface area (Å²) in [6.45, 7) is 11.2. The second-order valence-corrected chi connectivity index (χ2v) is 7.49. The van der Waals surface area contributed by atoms with Crippen molar-refractivity contribution in [2.45, 2.75) is 40.0 Å². The van der Waals surface area contributed by atoms with Crippen LogP contribution in [0.1, 0.15) is 52.6 Å². The molecule has 1 aliphatic heterocycles. The number of amides is 2. The van der Waals surface area contributed by atoms with Gasteiger partial charge in [-0.05, 0) is 56.3 Å². The number of aryl methyl sites for hydroxylation is 1. The number of carbonyl (C=O) groups excluding carboxylic acids is 2. The zero-order valence-electron chi connectivity index (χ0n) is 17.5. The number of hydrogen-bond acceptors (Lipinski definition) is 3. The molecular weight excluding hydrogens is 371 g/mol. The summed E-state index contributed by atoms with van der Waals surface area (Å²) in [5, 5.41) is 5.79. The Balaban J connectivity index is 1.74. The molecule has 1 aromatic heterocycles. The Labute approximate surface area is 170 Å². The lowest BCUT2D eigenvalue weighted by molar-refractivity contribution is -0.117. The average molecular weight is 400 g/mol. The molecule has 3 rings (SSSR count). The van der Waals surface area contributed by atoms with Crippen molar-refractivity contribution in [1.29, 1.82) is 0 Å². The van der Waals surface area contributed by atoms with Gasteiger partial charge in [-0.3, -0.25) is 9.59 Å². The number of carbonyl (C=O) groups is 2. The van der Waals surface area contributed by atoms with Crippen molar-refractivity contribution in [3.8, 4) is 0 Å². The van der Waals surface area contributed by atoms with Crippen molar-refractivity contribution >= 4 is 17.5 Å². The van der Waals surface area contributed by atoms with Crippen molar-refractivity contribution in [3.63, 3.8) is 0 Å². The third-order valence-corrected chi connectivity index (χ3v) is 5.75. The number of nitrogens with one attached hydrogen (secondary N) is 3. The minimum absolute atomic E-state index is 0.114. The Bertz CT molecular complexity index is 918. The molecule has 7 heteroatoms. The first kappa shape index (κ1) is 21.0. The minimum atomic E-state index is -0.476. The monoisotopic (exact) mass is 400 g/mol. The van der Waals surface area contributed by atoms with E-state index in [1.807, 2.05) is 13.8 Å². The molecule has 2 heterocycles. The molecule has 0 saturated heterocycles. The second kappa shape index (κ2) is 8.78. The van der Waals surface area contributed by atoms with E-state index in [0.717, 1.165) is 36.6 Å². The Morgan fingerprint density at radius 2 is 1.97 bits per heavy atom. The van der Waals surface area contributed by atoms with E-state index in [2.05, 4.69) is 34.4 Å². The zero-order chi connectivity index (χ0) is 21.1. The van der Waals surface area contributed by atoms with Crippen LogP contribution in [0, 0.1) is 19.7 Å². The summed E-state index contributed by atoms with van der Waals surface area (Å²) in [7, 11) is 0. The number of hydrogen-bond donors (Lipinski definition) is 3. The number of fused-ring (bicyclic) bond motifs is 1. The highest BCUT2D eigenvalue weighted by molar-refractivity contribution is 6.03. The van der Waals surface area contributed by atoms with Gasteiger partial charge < -0.3 is 20.5 Å². The van der Waals surface area contributed by atoms with Gasteiger partial charge in [0.25, 0.3) is 5.91 Å². The van der Waals surface area contributed by atoms with Gasteiger partial charge in [0.15, 0.2) is 0 Å². The van der Waals surface area contributed by atoms with Gasteiger partial charge in [0.2, 0.25) is 5.91 Å². The number of benzene rings is 1. The van der Waals surface area contributed by atoms with E-state index in [0.29, 0.717) is 29.8 Å². The highest BCUT2D eigenvalue weighted by Crippen LogP contribution is 2.36. The van der Waals surface area contributed by atoms with Crippen LogP contribution in [0.15, 0.2) is 18.2 Å². The summed E-state index contributed by atoms with van der Waals surface area (Å²) >= 11 is 0. The molecule has 156 valence electrons. The summed E-state index contributed by atoms with van der Waals surface area (Å²) in [6, 6.07) is 4.33. The van der Waals surface area contributed by atoms with Gasteiger partial charge >= 0.3 is 0 Å². The summed E-state index contributed by atoms with van der Waals surface area (Å²) in [4.78, 5) is 30.6. The van der Waals surface area contributed by atoms with Crippen LogP contribution >= 0.6 is 0 Å². The maximum atomic E-state index is 13.7. The maximum absolute atomic E-state index is 13.7. The van der Waals surface area contributed by atoms with Crippen molar-refractivity contribution < 1.29 is 14.0 Å². The number of aromatic nitrogens is 1. The fourth-order valence-electron chi connectivity index (χ4n) is 4.02. The molecule has 0 saturated carbocycles. The van der Waals surface area contributed by atoms with Gasteiger partial charge in [-0.15, -0.1) is 0 Å². The number of likely N-dealkylation sites (N-methyl/N-ethyl adjacent to an activating group) is 1. The van der Waals surface area contributed by atoms with Crippen LogP contribution in [0.4, 0.5) is 10.1 Å². The number of nitrogens with zero attached hydrogens (tertiary/aromatic N) is 1. The van der Waals surface area contributed by atoms with Crippen LogP contribution in [-0.2, 0) is 11.2 Å². The average Bonchev–Trinajstić information content (AvgIpc) is 3.14. The van der Waals surface area contributed by atoms with E-state index < -0.39 is 5.92 Å². The molecule has 0 radical (unpaired) electrons. The number of anilines is 1. The van der Waals surface area contributed by atoms with E-state index in [1.54, 1.807) is 6.07 Å². The van der Waals surface area contributed by atoms with Gasteiger partial charge in [0.1, 0.15) is 5.82 Å². The Morgan fingerprint density at radius 1 is 1.24 bits per heavy atom. The highest BCUT2D eigenvalue weighted by atomic mass is 19.1. The Kier molecular flexibility index (Phi) is 6.37.